The van der Waals surface area contributed by atoms with Crippen LogP contribution in [-0.4, -0.2) is 21.5 Å². The second-order valence-corrected chi connectivity index (χ2v) is 6.81. The van der Waals surface area contributed by atoms with E-state index in [4.69, 9.17) is 5.73 Å². The molecule has 144 valence electrons. The van der Waals surface area contributed by atoms with Gasteiger partial charge >= 0.3 is 0 Å². The molecule has 0 fully saturated rings. The van der Waals surface area contributed by atoms with Crippen LogP contribution < -0.4 is 11.1 Å². The zero-order chi connectivity index (χ0) is 18.5. The molecule has 0 bridgehead atoms. The van der Waals surface area contributed by atoms with Crippen LogP contribution in [0.5, 0.6) is 0 Å². The third-order valence-electron chi connectivity index (χ3n) is 4.93. The molecule has 2 aromatic carbocycles. The number of hydrogen-bond acceptors (Lipinski definition) is 3. The summed E-state index contributed by atoms with van der Waals surface area (Å²) in [4.78, 5) is 16.5. The summed E-state index contributed by atoms with van der Waals surface area (Å²) in [5, 5.41) is 2.92. The molecule has 3 N–H and O–H groups in total. The molecule has 0 aliphatic carbocycles. The SMILES string of the molecule is CCC(C)C(N)C(=O)NCc1ccc(Cn2cnc3ccccc32)cc1.Cl. The van der Waals surface area contributed by atoms with Gasteiger partial charge in [-0.3, -0.25) is 4.79 Å². The molecule has 6 heteroatoms. The summed E-state index contributed by atoms with van der Waals surface area (Å²) in [6.07, 6.45) is 2.77. The fraction of sp³-hybridized carbons (Fsp3) is 0.333. The number of fused-ring (bicyclic) bond motifs is 1. The number of nitrogens with two attached hydrogens (primary N) is 1. The van der Waals surface area contributed by atoms with E-state index in [0.717, 1.165) is 29.6 Å². The lowest BCUT2D eigenvalue weighted by Crippen LogP contribution is -2.44. The number of amides is 1. The Labute approximate surface area is 166 Å². The highest BCUT2D eigenvalue weighted by atomic mass is 35.5. The molecule has 2 atom stereocenters. The molecule has 0 radical (unpaired) electrons. The number of carbonyl (C=O) groups is 1. The summed E-state index contributed by atoms with van der Waals surface area (Å²) < 4.78 is 2.14. The molecular weight excluding hydrogens is 360 g/mol. The topological polar surface area (TPSA) is 72.9 Å². The van der Waals surface area contributed by atoms with E-state index in [9.17, 15) is 4.79 Å². The Morgan fingerprint density at radius 2 is 1.81 bits per heavy atom. The monoisotopic (exact) mass is 386 g/mol. The van der Waals surface area contributed by atoms with Crippen LogP contribution >= 0.6 is 12.4 Å². The summed E-state index contributed by atoms with van der Waals surface area (Å²) in [6, 6.07) is 15.9. The summed E-state index contributed by atoms with van der Waals surface area (Å²) in [5.41, 5.74) is 10.3. The van der Waals surface area contributed by atoms with E-state index in [1.807, 2.05) is 50.5 Å². The van der Waals surface area contributed by atoms with Crippen molar-refractivity contribution in [2.45, 2.75) is 39.4 Å². The molecule has 27 heavy (non-hydrogen) atoms. The Morgan fingerprint density at radius 1 is 1.15 bits per heavy atom. The number of nitrogens with zero attached hydrogens (tertiary/aromatic N) is 2. The summed E-state index contributed by atoms with van der Waals surface area (Å²) >= 11 is 0. The summed E-state index contributed by atoms with van der Waals surface area (Å²) in [6.45, 7) is 5.31. The van der Waals surface area contributed by atoms with Crippen LogP contribution in [0.15, 0.2) is 54.9 Å². The number of hydrogen-bond donors (Lipinski definition) is 2. The lowest BCUT2D eigenvalue weighted by atomic mass is 9.99. The van der Waals surface area contributed by atoms with Crippen molar-refractivity contribution in [3.63, 3.8) is 0 Å². The number of carbonyl (C=O) groups excluding carboxylic acids is 1. The molecule has 1 amide bonds. The Balaban J connectivity index is 0.00000261. The number of nitrogens with one attached hydrogen (secondary N) is 1. The second kappa shape index (κ2) is 9.53. The maximum Gasteiger partial charge on any atom is 0.237 e. The van der Waals surface area contributed by atoms with Gasteiger partial charge in [-0.25, -0.2) is 4.98 Å². The van der Waals surface area contributed by atoms with Crippen molar-refractivity contribution in [2.75, 3.05) is 0 Å². The predicted octanol–water partition coefficient (Wildman–Crippen LogP) is 3.50. The fourth-order valence-electron chi connectivity index (χ4n) is 2.91. The van der Waals surface area contributed by atoms with Crippen LogP contribution in [0.2, 0.25) is 0 Å². The van der Waals surface area contributed by atoms with Crippen LogP contribution in [0.3, 0.4) is 0 Å². The van der Waals surface area contributed by atoms with Gasteiger partial charge in [0.2, 0.25) is 5.91 Å². The predicted molar refractivity (Wildman–Crippen MR) is 112 cm³/mol. The molecule has 3 aromatic rings. The van der Waals surface area contributed by atoms with Gasteiger partial charge in [0.25, 0.3) is 0 Å². The van der Waals surface area contributed by atoms with Crippen molar-refractivity contribution in [1.29, 1.82) is 0 Å². The molecule has 1 heterocycles. The lowest BCUT2D eigenvalue weighted by molar-refractivity contribution is -0.123. The average molecular weight is 387 g/mol. The Morgan fingerprint density at radius 3 is 2.52 bits per heavy atom. The van der Waals surface area contributed by atoms with Gasteiger partial charge in [0.05, 0.1) is 23.4 Å². The van der Waals surface area contributed by atoms with Crippen LogP contribution in [0.1, 0.15) is 31.4 Å². The highest BCUT2D eigenvalue weighted by molar-refractivity contribution is 5.85. The number of halogens is 1. The minimum absolute atomic E-state index is 0. The molecule has 3 rings (SSSR count). The molecule has 1 aromatic heterocycles. The number of benzene rings is 2. The van der Waals surface area contributed by atoms with E-state index < -0.39 is 6.04 Å². The van der Waals surface area contributed by atoms with E-state index in [1.54, 1.807) is 0 Å². The molecule has 0 saturated heterocycles. The third-order valence-corrected chi connectivity index (χ3v) is 4.93. The standard InChI is InChI=1S/C21H26N4O.ClH/c1-3-15(2)20(22)21(26)23-12-16-8-10-17(11-9-16)13-25-14-24-18-6-4-5-7-19(18)25;/h4-11,14-15,20H,3,12-13,22H2,1-2H3,(H,23,26);1H. The zero-order valence-corrected chi connectivity index (χ0v) is 16.6. The molecule has 0 aliphatic rings. The van der Waals surface area contributed by atoms with Crippen molar-refractivity contribution >= 4 is 29.3 Å². The van der Waals surface area contributed by atoms with Gasteiger partial charge in [-0.2, -0.15) is 0 Å². The van der Waals surface area contributed by atoms with Crippen molar-refractivity contribution < 1.29 is 4.79 Å². The minimum atomic E-state index is -0.450. The largest absolute Gasteiger partial charge is 0.351 e. The van der Waals surface area contributed by atoms with Gasteiger partial charge in [-0.05, 0) is 29.2 Å². The molecule has 0 saturated carbocycles. The normalized spacial score (nSPS) is 13.0. The number of aromatic nitrogens is 2. The molecular formula is C21H27ClN4O. The highest BCUT2D eigenvalue weighted by Gasteiger charge is 2.18. The first kappa shape index (κ1) is 20.9. The van der Waals surface area contributed by atoms with Gasteiger partial charge in [0, 0.05) is 13.1 Å². The molecule has 5 nitrogen and oxygen atoms in total. The third kappa shape index (κ3) is 5.08. The maximum absolute atomic E-state index is 12.1. The van der Waals surface area contributed by atoms with E-state index >= 15 is 0 Å². The Bertz CT molecular complexity index is 875. The quantitative estimate of drug-likeness (QED) is 0.652. The summed E-state index contributed by atoms with van der Waals surface area (Å²) in [7, 11) is 0. The second-order valence-electron chi connectivity index (χ2n) is 6.81. The van der Waals surface area contributed by atoms with Crippen LogP contribution in [-0.2, 0) is 17.9 Å². The summed E-state index contributed by atoms with van der Waals surface area (Å²) in [5.74, 6) is 0.0932. The van der Waals surface area contributed by atoms with Gasteiger partial charge in [-0.15, -0.1) is 12.4 Å². The van der Waals surface area contributed by atoms with Gasteiger partial charge in [0.1, 0.15) is 0 Å². The van der Waals surface area contributed by atoms with E-state index in [2.05, 4.69) is 33.1 Å². The van der Waals surface area contributed by atoms with Crippen molar-refractivity contribution in [3.8, 4) is 0 Å². The fourth-order valence-corrected chi connectivity index (χ4v) is 2.91. The first-order chi connectivity index (χ1) is 12.6. The molecule has 0 aliphatic heterocycles. The van der Waals surface area contributed by atoms with E-state index in [1.165, 1.54) is 5.56 Å². The lowest BCUT2D eigenvalue weighted by Gasteiger charge is -2.17. The van der Waals surface area contributed by atoms with Crippen LogP contribution in [0.25, 0.3) is 11.0 Å². The van der Waals surface area contributed by atoms with E-state index in [0.29, 0.717) is 6.54 Å². The molecule has 2 unspecified atom stereocenters. The molecule has 0 spiro atoms. The van der Waals surface area contributed by atoms with Crippen LogP contribution in [0.4, 0.5) is 0 Å². The van der Waals surface area contributed by atoms with Crippen molar-refractivity contribution in [1.82, 2.24) is 14.9 Å². The van der Waals surface area contributed by atoms with Gasteiger partial charge < -0.3 is 15.6 Å². The van der Waals surface area contributed by atoms with Crippen LogP contribution in [0, 0.1) is 5.92 Å². The zero-order valence-electron chi connectivity index (χ0n) is 15.8. The number of rotatable bonds is 7. The smallest absolute Gasteiger partial charge is 0.237 e. The Hall–Kier alpha value is -2.37. The minimum Gasteiger partial charge on any atom is -0.351 e. The number of imidazole rings is 1. The Kier molecular flexibility index (Phi) is 7.39. The van der Waals surface area contributed by atoms with Crippen molar-refractivity contribution in [3.05, 3.63) is 66.0 Å². The van der Waals surface area contributed by atoms with Crippen molar-refractivity contribution in [2.24, 2.45) is 11.7 Å². The average Bonchev–Trinajstić information content (AvgIpc) is 3.09. The van der Waals surface area contributed by atoms with Gasteiger partial charge in [0.15, 0.2) is 0 Å². The highest BCUT2D eigenvalue weighted by Crippen LogP contribution is 2.14. The first-order valence-electron chi connectivity index (χ1n) is 9.09. The first-order valence-corrected chi connectivity index (χ1v) is 9.09. The van der Waals surface area contributed by atoms with E-state index in [-0.39, 0.29) is 24.2 Å². The van der Waals surface area contributed by atoms with Gasteiger partial charge in [-0.1, -0.05) is 56.7 Å². The number of para-hydroxylation sites is 2. The maximum atomic E-state index is 12.1.